The summed E-state index contributed by atoms with van der Waals surface area (Å²) in [7, 11) is 0. The first-order valence-corrected chi connectivity index (χ1v) is 7.24. The predicted octanol–water partition coefficient (Wildman–Crippen LogP) is -0.688. The summed E-state index contributed by atoms with van der Waals surface area (Å²) in [5.74, 6) is 0.585. The molecule has 1 atom stereocenters. The normalized spacial score (nSPS) is 11.5. The van der Waals surface area contributed by atoms with Crippen molar-refractivity contribution in [2.45, 2.75) is 19.4 Å². The van der Waals surface area contributed by atoms with E-state index in [1.54, 1.807) is 6.07 Å². The molecule has 0 spiro atoms. The molecule has 2 aromatic rings. The minimum absolute atomic E-state index is 0. The maximum Gasteiger partial charge on any atom is 0.214 e. The molecule has 1 aromatic carbocycles. The Morgan fingerprint density at radius 1 is 1.14 bits per heavy atom. The van der Waals surface area contributed by atoms with Gasteiger partial charge in [0, 0.05) is 12.5 Å². The Morgan fingerprint density at radius 2 is 1.90 bits per heavy atom. The van der Waals surface area contributed by atoms with Crippen molar-refractivity contribution in [1.29, 1.82) is 0 Å². The van der Waals surface area contributed by atoms with E-state index in [0.29, 0.717) is 23.7 Å². The molecule has 0 fully saturated rings. The monoisotopic (exact) mass is 326 g/mol. The summed E-state index contributed by atoms with van der Waals surface area (Å²) in [4.78, 5) is 4.09. The van der Waals surface area contributed by atoms with Crippen LogP contribution >= 0.6 is 11.6 Å². The molecule has 0 aliphatic rings. The van der Waals surface area contributed by atoms with Gasteiger partial charge in [0.1, 0.15) is 18.3 Å². The number of nitrogens with zero attached hydrogens (tertiary/aromatic N) is 1. The van der Waals surface area contributed by atoms with Crippen molar-refractivity contribution < 1.29 is 22.5 Å². The van der Waals surface area contributed by atoms with Gasteiger partial charge < -0.3 is 22.5 Å². The van der Waals surface area contributed by atoms with E-state index < -0.39 is 0 Å². The van der Waals surface area contributed by atoms with Crippen molar-refractivity contribution in [3.63, 3.8) is 0 Å². The van der Waals surface area contributed by atoms with Crippen LogP contribution in [0.2, 0.25) is 5.15 Å². The molecule has 0 radical (unpaired) electrons. The number of pyridine rings is 1. The Labute approximate surface area is 137 Å². The van der Waals surface area contributed by atoms with E-state index in [-0.39, 0.29) is 12.4 Å². The Kier molecular flexibility index (Phi) is 8.13. The summed E-state index contributed by atoms with van der Waals surface area (Å²) in [5.41, 5.74) is 1.37. The second-order valence-corrected chi connectivity index (χ2v) is 5.23. The molecule has 2 N–H and O–H groups in total. The Balaban J connectivity index is 0.00000220. The molecule has 1 unspecified atom stereocenters. The quantitative estimate of drug-likeness (QED) is 0.540. The number of nitrogens with two attached hydrogens (primary N) is 1. The summed E-state index contributed by atoms with van der Waals surface area (Å²) in [5, 5.41) is 2.75. The van der Waals surface area contributed by atoms with Gasteiger partial charge in [0.2, 0.25) is 5.88 Å². The number of ether oxygens (including phenoxy) is 1. The summed E-state index contributed by atoms with van der Waals surface area (Å²) < 4.78 is 5.56. The predicted molar refractivity (Wildman–Crippen MR) is 81.1 cm³/mol. The van der Waals surface area contributed by atoms with Gasteiger partial charge in [0.25, 0.3) is 0 Å². The molecule has 1 aromatic heterocycles. The van der Waals surface area contributed by atoms with E-state index in [2.05, 4.69) is 41.5 Å². The largest absolute Gasteiger partial charge is 1.00 e. The summed E-state index contributed by atoms with van der Waals surface area (Å²) in [6.07, 6.45) is 1.07. The second kappa shape index (κ2) is 9.61. The highest BCUT2D eigenvalue weighted by Gasteiger charge is 2.06. The minimum atomic E-state index is 0. The van der Waals surface area contributed by atoms with E-state index in [0.717, 1.165) is 13.0 Å². The summed E-state index contributed by atoms with van der Waals surface area (Å²) >= 11 is 5.80. The maximum atomic E-state index is 5.80. The third-order valence-corrected chi connectivity index (χ3v) is 3.24. The molecule has 114 valence electrons. The van der Waals surface area contributed by atoms with E-state index in [4.69, 9.17) is 16.3 Å². The van der Waals surface area contributed by atoms with Crippen LogP contribution in [-0.4, -0.2) is 24.2 Å². The van der Waals surface area contributed by atoms with Gasteiger partial charge in [-0.25, -0.2) is 4.98 Å². The first-order chi connectivity index (χ1) is 9.74. The zero-order valence-electron chi connectivity index (χ0n) is 12.0. The molecule has 0 saturated heterocycles. The van der Waals surface area contributed by atoms with E-state index in [1.165, 1.54) is 5.56 Å². The van der Waals surface area contributed by atoms with Crippen LogP contribution in [0.1, 0.15) is 12.5 Å². The molecule has 5 heteroatoms. The number of hydrogen-bond donors (Lipinski definition) is 1. The Hall–Kier alpha value is -1.29. The highest BCUT2D eigenvalue weighted by atomic mass is 35.5. The van der Waals surface area contributed by atoms with Gasteiger partial charge in [0.15, 0.2) is 0 Å². The first-order valence-electron chi connectivity index (χ1n) is 6.86. The van der Waals surface area contributed by atoms with E-state index >= 15 is 0 Å². The zero-order chi connectivity index (χ0) is 14.2. The van der Waals surface area contributed by atoms with Gasteiger partial charge in [-0.2, -0.15) is 0 Å². The first kappa shape index (κ1) is 17.8. The van der Waals surface area contributed by atoms with Gasteiger partial charge in [0.05, 0.1) is 6.04 Å². The SMILES string of the molecule is CC(Cc1ccccc1)[NH2+]CCOc1cccc(Cl)n1.[Cl-]. The van der Waals surface area contributed by atoms with Crippen LogP contribution in [0.4, 0.5) is 0 Å². The number of rotatable bonds is 7. The number of halogens is 2. The van der Waals surface area contributed by atoms with Crippen LogP contribution in [0.3, 0.4) is 0 Å². The molecule has 0 saturated carbocycles. The number of hydrogen-bond acceptors (Lipinski definition) is 2. The van der Waals surface area contributed by atoms with Crippen LogP contribution in [0.25, 0.3) is 0 Å². The van der Waals surface area contributed by atoms with E-state index in [9.17, 15) is 0 Å². The standard InChI is InChI=1S/C16H19ClN2O.ClH/c1-13(12-14-6-3-2-4-7-14)18-10-11-20-16-9-5-8-15(17)19-16;/h2-9,13,18H,10-12H2,1H3;1H. The van der Waals surface area contributed by atoms with Crippen molar-refractivity contribution in [2.75, 3.05) is 13.2 Å². The lowest BCUT2D eigenvalue weighted by Gasteiger charge is -2.11. The second-order valence-electron chi connectivity index (χ2n) is 4.84. The fraction of sp³-hybridized carbons (Fsp3) is 0.312. The van der Waals surface area contributed by atoms with Crippen molar-refractivity contribution >= 4 is 11.6 Å². The fourth-order valence-electron chi connectivity index (χ4n) is 2.06. The molecule has 0 aliphatic carbocycles. The lowest BCUT2D eigenvalue weighted by atomic mass is 10.1. The Morgan fingerprint density at radius 3 is 2.62 bits per heavy atom. The molecule has 1 heterocycles. The highest BCUT2D eigenvalue weighted by molar-refractivity contribution is 6.29. The molecular weight excluding hydrogens is 307 g/mol. The van der Waals surface area contributed by atoms with Crippen LogP contribution in [0.15, 0.2) is 48.5 Å². The van der Waals surface area contributed by atoms with Gasteiger partial charge in [-0.1, -0.05) is 48.0 Å². The van der Waals surface area contributed by atoms with Crippen LogP contribution < -0.4 is 22.5 Å². The topological polar surface area (TPSA) is 38.7 Å². The van der Waals surface area contributed by atoms with Crippen molar-refractivity contribution in [1.82, 2.24) is 4.98 Å². The van der Waals surface area contributed by atoms with Crippen LogP contribution in [0, 0.1) is 0 Å². The zero-order valence-corrected chi connectivity index (χ0v) is 13.5. The molecule has 2 rings (SSSR count). The van der Waals surface area contributed by atoms with Crippen molar-refractivity contribution in [3.05, 3.63) is 59.2 Å². The van der Waals surface area contributed by atoms with Gasteiger partial charge in [-0.05, 0) is 18.6 Å². The molecule has 0 aliphatic heterocycles. The molecule has 21 heavy (non-hydrogen) atoms. The fourth-order valence-corrected chi connectivity index (χ4v) is 2.21. The van der Waals surface area contributed by atoms with Gasteiger partial charge >= 0.3 is 0 Å². The molecule has 0 amide bonds. The number of benzene rings is 1. The summed E-state index contributed by atoms with van der Waals surface area (Å²) in [6, 6.07) is 16.5. The van der Waals surface area contributed by atoms with E-state index in [1.807, 2.05) is 18.2 Å². The average molecular weight is 327 g/mol. The molecule has 0 bridgehead atoms. The van der Waals surface area contributed by atoms with Crippen LogP contribution in [-0.2, 0) is 6.42 Å². The van der Waals surface area contributed by atoms with Gasteiger partial charge in [-0.15, -0.1) is 0 Å². The Bertz CT molecular complexity index is 523. The maximum absolute atomic E-state index is 5.80. The van der Waals surface area contributed by atoms with Crippen molar-refractivity contribution in [2.24, 2.45) is 0 Å². The average Bonchev–Trinajstić information content (AvgIpc) is 2.45. The lowest BCUT2D eigenvalue weighted by molar-refractivity contribution is -0.686. The third-order valence-electron chi connectivity index (χ3n) is 3.03. The lowest BCUT2D eigenvalue weighted by Crippen LogP contribution is -3.00. The smallest absolute Gasteiger partial charge is 0.214 e. The van der Waals surface area contributed by atoms with Gasteiger partial charge in [-0.3, -0.25) is 0 Å². The highest BCUT2D eigenvalue weighted by Crippen LogP contribution is 2.10. The molecule has 3 nitrogen and oxygen atoms in total. The number of aromatic nitrogens is 1. The van der Waals surface area contributed by atoms with Crippen LogP contribution in [0.5, 0.6) is 5.88 Å². The third kappa shape index (κ3) is 6.80. The molecular formula is C16H20Cl2N2O. The summed E-state index contributed by atoms with van der Waals surface area (Å²) in [6.45, 7) is 3.76. The minimum Gasteiger partial charge on any atom is -1.00 e. The van der Waals surface area contributed by atoms with Crippen molar-refractivity contribution in [3.8, 4) is 5.88 Å². The number of quaternary nitrogens is 1.